The third-order valence-electron chi connectivity index (χ3n) is 10.8. The van der Waals surface area contributed by atoms with Crippen LogP contribution < -0.4 is 0 Å². The lowest BCUT2D eigenvalue weighted by Crippen LogP contribution is -2.59. The van der Waals surface area contributed by atoms with Crippen molar-refractivity contribution < 1.29 is 0 Å². The molecule has 0 saturated heterocycles. The van der Waals surface area contributed by atoms with Crippen molar-refractivity contribution in [3.63, 3.8) is 0 Å². The zero-order valence-electron chi connectivity index (χ0n) is 18.1. The van der Waals surface area contributed by atoms with Gasteiger partial charge in [-0.3, -0.25) is 0 Å². The summed E-state index contributed by atoms with van der Waals surface area (Å²) < 4.78 is 0. The van der Waals surface area contributed by atoms with Crippen molar-refractivity contribution in [2.24, 2.45) is 46.3 Å². The zero-order valence-corrected chi connectivity index (χ0v) is 18.1. The molecule has 6 fully saturated rings. The van der Waals surface area contributed by atoms with E-state index in [0.717, 1.165) is 53.9 Å². The van der Waals surface area contributed by atoms with Crippen molar-refractivity contribution in [1.29, 1.82) is 0 Å². The molecule has 0 radical (unpaired) electrons. The molecule has 0 amide bonds. The molecule has 0 aromatic rings. The van der Waals surface area contributed by atoms with Crippen molar-refractivity contribution in [3.05, 3.63) is 0 Å². The van der Waals surface area contributed by atoms with Gasteiger partial charge in [-0.25, -0.2) is 0 Å². The highest BCUT2D eigenvalue weighted by atomic mass is 14.6. The number of rotatable bonds is 5. The molecule has 6 rings (SSSR count). The Balaban J connectivity index is 1.54. The van der Waals surface area contributed by atoms with E-state index < -0.39 is 0 Å². The van der Waals surface area contributed by atoms with Gasteiger partial charge in [0.05, 0.1) is 0 Å². The van der Waals surface area contributed by atoms with Crippen molar-refractivity contribution in [2.75, 3.05) is 0 Å². The van der Waals surface area contributed by atoms with Crippen LogP contribution in [-0.4, -0.2) is 6.71 Å². The molecule has 25 heavy (non-hydrogen) atoms. The second-order valence-corrected chi connectivity index (χ2v) is 12.0. The summed E-state index contributed by atoms with van der Waals surface area (Å²) in [5.41, 5.74) is 1.29. The summed E-state index contributed by atoms with van der Waals surface area (Å²) in [4.78, 5) is 0. The average molecular weight is 342 g/mol. The predicted molar refractivity (Wildman–Crippen MR) is 111 cm³/mol. The molecule has 1 heteroatoms. The molecule has 6 aliphatic carbocycles. The molecule has 0 spiro atoms. The Hall–Kier alpha value is 0.0649. The first kappa shape index (κ1) is 18.4. The van der Waals surface area contributed by atoms with Gasteiger partial charge in [-0.15, -0.1) is 0 Å². The lowest BCUT2D eigenvalue weighted by molar-refractivity contribution is -0.107. The van der Waals surface area contributed by atoms with Gasteiger partial charge in [0.25, 0.3) is 0 Å². The Morgan fingerprint density at radius 2 is 1.20 bits per heavy atom. The van der Waals surface area contributed by atoms with Crippen LogP contribution in [0.15, 0.2) is 0 Å². The lowest BCUT2D eigenvalue weighted by atomic mass is 9.20. The van der Waals surface area contributed by atoms with E-state index in [4.69, 9.17) is 0 Å². The summed E-state index contributed by atoms with van der Waals surface area (Å²) in [6.07, 6.45) is 10.6. The van der Waals surface area contributed by atoms with E-state index >= 15 is 0 Å². The van der Waals surface area contributed by atoms with E-state index in [1.807, 2.05) is 0 Å². The monoisotopic (exact) mass is 342 g/mol. The minimum atomic E-state index is 0.646. The summed E-state index contributed by atoms with van der Waals surface area (Å²) in [7, 11) is 0. The van der Waals surface area contributed by atoms with Crippen LogP contribution in [0.3, 0.4) is 0 Å². The van der Waals surface area contributed by atoms with E-state index in [9.17, 15) is 0 Å². The zero-order chi connectivity index (χ0) is 18.1. The van der Waals surface area contributed by atoms with Gasteiger partial charge in [0.1, 0.15) is 6.71 Å². The Labute approximate surface area is 158 Å². The highest BCUT2D eigenvalue weighted by Crippen LogP contribution is 2.69. The molecule has 0 aliphatic heterocycles. The second kappa shape index (κ2) is 6.03. The van der Waals surface area contributed by atoms with Gasteiger partial charge in [-0.05, 0) is 59.2 Å². The SMILES string of the molecule is CCCCB(C1CC2CC(C1C)C2(C)C)C1CC2CC(C1C)C2(C)C. The summed E-state index contributed by atoms with van der Waals surface area (Å²) in [6, 6.07) is 0. The van der Waals surface area contributed by atoms with E-state index in [2.05, 4.69) is 48.5 Å². The number of hydrogen-bond donors (Lipinski definition) is 0. The lowest BCUT2D eigenvalue weighted by Gasteiger charge is -2.66. The van der Waals surface area contributed by atoms with Crippen molar-refractivity contribution in [2.45, 2.75) is 105 Å². The van der Waals surface area contributed by atoms with Gasteiger partial charge < -0.3 is 0 Å². The maximum absolute atomic E-state index is 2.64. The van der Waals surface area contributed by atoms with Gasteiger partial charge >= 0.3 is 0 Å². The smallest absolute Gasteiger partial charge is 0.0737 e. The van der Waals surface area contributed by atoms with Crippen LogP contribution in [-0.2, 0) is 0 Å². The second-order valence-electron chi connectivity index (χ2n) is 12.0. The van der Waals surface area contributed by atoms with Crippen LogP contribution in [0.25, 0.3) is 0 Å². The van der Waals surface area contributed by atoms with Gasteiger partial charge in [-0.1, -0.05) is 92.1 Å². The molecule has 0 aromatic heterocycles. The van der Waals surface area contributed by atoms with Gasteiger partial charge in [0.2, 0.25) is 0 Å². The molecular weight excluding hydrogens is 299 g/mol. The number of hydrogen-bond acceptors (Lipinski definition) is 0. The molecule has 6 saturated carbocycles. The summed E-state index contributed by atoms with van der Waals surface area (Å²) in [6.45, 7) is 19.0. The first-order valence-electron chi connectivity index (χ1n) is 11.7. The Morgan fingerprint density at radius 1 is 0.760 bits per heavy atom. The molecule has 0 nitrogen and oxygen atoms in total. The molecule has 0 N–H and O–H groups in total. The predicted octanol–water partition coefficient (Wildman–Crippen LogP) is 7.43. The number of fused-ring (bicyclic) bond motifs is 4. The molecule has 4 bridgehead atoms. The summed E-state index contributed by atoms with van der Waals surface area (Å²) in [5, 5.41) is 0. The highest BCUT2D eigenvalue weighted by Gasteiger charge is 2.61. The number of unbranched alkanes of at least 4 members (excludes halogenated alkanes) is 1. The highest BCUT2D eigenvalue weighted by molar-refractivity contribution is 6.62. The third-order valence-corrected chi connectivity index (χ3v) is 10.8. The van der Waals surface area contributed by atoms with Crippen LogP contribution in [0.1, 0.15) is 87.0 Å². The molecule has 0 heterocycles. The van der Waals surface area contributed by atoms with Crippen LogP contribution in [0.5, 0.6) is 0 Å². The largest absolute Gasteiger partial charge is 0.146 e. The van der Waals surface area contributed by atoms with Gasteiger partial charge in [0, 0.05) is 0 Å². The first-order valence-corrected chi connectivity index (χ1v) is 11.7. The van der Waals surface area contributed by atoms with E-state index in [1.165, 1.54) is 19.2 Å². The molecule has 142 valence electrons. The fourth-order valence-electron chi connectivity index (χ4n) is 8.69. The molecule has 0 aromatic carbocycles. The fourth-order valence-corrected chi connectivity index (χ4v) is 8.69. The van der Waals surface area contributed by atoms with E-state index in [1.54, 1.807) is 25.7 Å². The maximum atomic E-state index is 2.64. The molecule has 6 aliphatic rings. The van der Waals surface area contributed by atoms with Crippen molar-refractivity contribution in [3.8, 4) is 0 Å². The van der Waals surface area contributed by atoms with E-state index in [-0.39, 0.29) is 0 Å². The van der Waals surface area contributed by atoms with Crippen molar-refractivity contribution in [1.82, 2.24) is 0 Å². The molecule has 8 atom stereocenters. The van der Waals surface area contributed by atoms with Crippen LogP contribution >= 0.6 is 0 Å². The minimum absolute atomic E-state index is 0.646. The Morgan fingerprint density at radius 3 is 1.52 bits per heavy atom. The molecule has 8 unspecified atom stereocenters. The first-order chi connectivity index (χ1) is 11.7. The normalized spacial score (nSPS) is 49.1. The van der Waals surface area contributed by atoms with Gasteiger partial charge in [0.15, 0.2) is 0 Å². The summed E-state index contributed by atoms with van der Waals surface area (Å²) in [5.74, 6) is 8.13. The minimum Gasteiger partial charge on any atom is -0.0737 e. The standard InChI is InChI=1S/C24H43B/c1-8-9-10-25(21-13-17-11-19(15(21)2)23(17,4)5)22-14-18-12-20(16(22)3)24(18,6)7/h15-22H,8-14H2,1-7H3. The topological polar surface area (TPSA) is 0 Å². The van der Waals surface area contributed by atoms with Crippen LogP contribution in [0, 0.1) is 46.3 Å². The van der Waals surface area contributed by atoms with Crippen LogP contribution in [0.2, 0.25) is 18.0 Å². The van der Waals surface area contributed by atoms with E-state index in [0.29, 0.717) is 10.8 Å². The average Bonchev–Trinajstić information content (AvgIpc) is 2.56. The Kier molecular flexibility index (Phi) is 4.45. The quantitative estimate of drug-likeness (QED) is 0.456. The van der Waals surface area contributed by atoms with Crippen molar-refractivity contribution >= 4 is 6.71 Å². The third kappa shape index (κ3) is 2.53. The van der Waals surface area contributed by atoms with Crippen LogP contribution in [0.4, 0.5) is 0 Å². The molecular formula is C24H43B. The maximum Gasteiger partial charge on any atom is 0.146 e. The van der Waals surface area contributed by atoms with Gasteiger partial charge in [-0.2, -0.15) is 0 Å². The fraction of sp³-hybridized carbons (Fsp3) is 1.00. The Bertz CT molecular complexity index is 464. The summed E-state index contributed by atoms with van der Waals surface area (Å²) >= 11 is 0.